The van der Waals surface area contributed by atoms with Crippen LogP contribution in [0.15, 0.2) is 12.1 Å². The van der Waals surface area contributed by atoms with Crippen LogP contribution < -0.4 is 0 Å². The molecule has 3 unspecified atom stereocenters. The van der Waals surface area contributed by atoms with E-state index in [0.717, 1.165) is 6.54 Å². The Hall–Kier alpha value is -1.76. The number of nitrogens with zero attached hydrogens (tertiary/aromatic N) is 2. The average molecular weight is 245 g/mol. The topological polar surface area (TPSA) is 59.9 Å². The predicted octanol–water partition coefficient (Wildman–Crippen LogP) is 2.39. The zero-order valence-corrected chi connectivity index (χ0v) is 11.1. The lowest BCUT2D eigenvalue weighted by Gasteiger charge is -2.40. The van der Waals surface area contributed by atoms with Crippen molar-refractivity contribution in [3.8, 4) is 6.07 Å². The molecule has 0 radical (unpaired) electrons. The molecule has 0 spiro atoms. The SMILES string of the molecule is CC1CC(C)C(C)N(C(=O)c2ccc(C#N)[nH]2)C1. The molecule has 1 amide bonds. The molecule has 18 heavy (non-hydrogen) atoms. The molecule has 4 nitrogen and oxygen atoms in total. The Balaban J connectivity index is 2.19. The van der Waals surface area contributed by atoms with Crippen molar-refractivity contribution in [2.45, 2.75) is 33.2 Å². The van der Waals surface area contributed by atoms with Gasteiger partial charge in [-0.1, -0.05) is 13.8 Å². The first-order valence-corrected chi connectivity index (χ1v) is 6.43. The number of H-pyrrole nitrogens is 1. The van der Waals surface area contributed by atoms with E-state index in [-0.39, 0.29) is 11.9 Å². The fourth-order valence-electron chi connectivity index (χ4n) is 2.72. The molecule has 1 aliphatic heterocycles. The van der Waals surface area contributed by atoms with Crippen LogP contribution in [0, 0.1) is 23.2 Å². The summed E-state index contributed by atoms with van der Waals surface area (Å²) in [6, 6.07) is 5.60. The highest BCUT2D eigenvalue weighted by molar-refractivity contribution is 5.93. The normalized spacial score (nSPS) is 27.9. The number of likely N-dealkylation sites (tertiary alicyclic amines) is 1. The minimum absolute atomic E-state index is 0.00222. The van der Waals surface area contributed by atoms with Crippen LogP contribution in [0.1, 0.15) is 43.4 Å². The number of nitrogens with one attached hydrogen (secondary N) is 1. The van der Waals surface area contributed by atoms with Crippen LogP contribution in [0.2, 0.25) is 0 Å². The third-order valence-corrected chi connectivity index (χ3v) is 3.90. The summed E-state index contributed by atoms with van der Waals surface area (Å²) >= 11 is 0. The second-order valence-corrected chi connectivity index (χ2v) is 5.41. The lowest BCUT2D eigenvalue weighted by molar-refractivity contribution is 0.0450. The smallest absolute Gasteiger partial charge is 0.270 e. The maximum absolute atomic E-state index is 12.4. The van der Waals surface area contributed by atoms with E-state index in [2.05, 4.69) is 25.8 Å². The van der Waals surface area contributed by atoms with Gasteiger partial charge in [0.2, 0.25) is 0 Å². The van der Waals surface area contributed by atoms with Gasteiger partial charge in [-0.15, -0.1) is 0 Å². The Morgan fingerprint density at radius 1 is 1.44 bits per heavy atom. The molecule has 1 aliphatic rings. The van der Waals surface area contributed by atoms with Gasteiger partial charge in [-0.2, -0.15) is 5.26 Å². The summed E-state index contributed by atoms with van der Waals surface area (Å²) in [6.07, 6.45) is 1.17. The molecule has 0 saturated carbocycles. The van der Waals surface area contributed by atoms with Crippen LogP contribution in [0.25, 0.3) is 0 Å². The summed E-state index contributed by atoms with van der Waals surface area (Å²) in [4.78, 5) is 17.2. The lowest BCUT2D eigenvalue weighted by Crippen LogP contribution is -2.48. The third kappa shape index (κ3) is 2.26. The molecule has 96 valence electrons. The Morgan fingerprint density at radius 3 is 2.78 bits per heavy atom. The number of hydrogen-bond donors (Lipinski definition) is 1. The second-order valence-electron chi connectivity index (χ2n) is 5.41. The molecule has 0 bridgehead atoms. The number of carbonyl (C=O) groups excluding carboxylic acids is 1. The quantitative estimate of drug-likeness (QED) is 0.825. The van der Waals surface area contributed by atoms with Gasteiger partial charge >= 0.3 is 0 Å². The summed E-state index contributed by atoms with van der Waals surface area (Å²) < 4.78 is 0. The average Bonchev–Trinajstić information content (AvgIpc) is 2.81. The second kappa shape index (κ2) is 4.85. The summed E-state index contributed by atoms with van der Waals surface area (Å²) in [5.74, 6) is 1.05. The van der Waals surface area contributed by atoms with Gasteiger partial charge in [-0.05, 0) is 37.3 Å². The minimum Gasteiger partial charge on any atom is -0.342 e. The maximum Gasteiger partial charge on any atom is 0.270 e. The first-order valence-electron chi connectivity index (χ1n) is 6.43. The summed E-state index contributed by atoms with van der Waals surface area (Å²) in [5, 5.41) is 8.77. The lowest BCUT2D eigenvalue weighted by atomic mass is 9.86. The van der Waals surface area contributed by atoms with Gasteiger partial charge in [0.05, 0.1) is 0 Å². The number of rotatable bonds is 1. The number of hydrogen-bond acceptors (Lipinski definition) is 2. The molecule has 2 heterocycles. The van der Waals surface area contributed by atoms with E-state index >= 15 is 0 Å². The summed E-state index contributed by atoms with van der Waals surface area (Å²) in [6.45, 7) is 7.27. The van der Waals surface area contributed by atoms with Crippen molar-refractivity contribution in [2.75, 3.05) is 6.54 Å². The van der Waals surface area contributed by atoms with Crippen LogP contribution in [0.3, 0.4) is 0 Å². The van der Waals surface area contributed by atoms with Crippen LogP contribution >= 0.6 is 0 Å². The molecule has 0 aliphatic carbocycles. The van der Waals surface area contributed by atoms with Crippen molar-refractivity contribution in [3.63, 3.8) is 0 Å². The molecule has 2 rings (SSSR count). The van der Waals surface area contributed by atoms with E-state index < -0.39 is 0 Å². The van der Waals surface area contributed by atoms with E-state index in [0.29, 0.717) is 23.2 Å². The number of aromatic amines is 1. The zero-order valence-electron chi connectivity index (χ0n) is 11.1. The highest BCUT2D eigenvalue weighted by Crippen LogP contribution is 2.27. The zero-order chi connectivity index (χ0) is 13.3. The highest BCUT2D eigenvalue weighted by Gasteiger charge is 2.32. The molecule has 0 aromatic carbocycles. The number of amides is 1. The van der Waals surface area contributed by atoms with Crippen molar-refractivity contribution in [2.24, 2.45) is 11.8 Å². The van der Waals surface area contributed by atoms with Crippen molar-refractivity contribution >= 4 is 5.91 Å². The molecule has 4 heteroatoms. The molecule has 1 fully saturated rings. The van der Waals surface area contributed by atoms with Gasteiger partial charge in [0.25, 0.3) is 5.91 Å². The molecule has 1 N–H and O–H groups in total. The molecule has 3 atom stereocenters. The van der Waals surface area contributed by atoms with E-state index in [1.54, 1.807) is 12.1 Å². The number of piperidine rings is 1. The van der Waals surface area contributed by atoms with Crippen molar-refractivity contribution in [1.82, 2.24) is 9.88 Å². The van der Waals surface area contributed by atoms with Crippen LogP contribution in [0.5, 0.6) is 0 Å². The Morgan fingerprint density at radius 2 is 2.17 bits per heavy atom. The first-order chi connectivity index (χ1) is 8.52. The van der Waals surface area contributed by atoms with Crippen molar-refractivity contribution in [3.05, 3.63) is 23.5 Å². The van der Waals surface area contributed by atoms with Gasteiger partial charge < -0.3 is 9.88 Å². The maximum atomic E-state index is 12.4. The Bertz CT molecular complexity index is 485. The van der Waals surface area contributed by atoms with Gasteiger partial charge in [0.1, 0.15) is 17.5 Å². The number of aromatic nitrogens is 1. The highest BCUT2D eigenvalue weighted by atomic mass is 16.2. The van der Waals surface area contributed by atoms with Gasteiger partial charge in [0, 0.05) is 12.6 Å². The van der Waals surface area contributed by atoms with Crippen molar-refractivity contribution in [1.29, 1.82) is 5.26 Å². The van der Waals surface area contributed by atoms with E-state index in [9.17, 15) is 4.79 Å². The predicted molar refractivity (Wildman–Crippen MR) is 69.0 cm³/mol. The van der Waals surface area contributed by atoms with Gasteiger partial charge in [-0.25, -0.2) is 0 Å². The van der Waals surface area contributed by atoms with Crippen LogP contribution in [0.4, 0.5) is 0 Å². The molecule has 1 aromatic heterocycles. The minimum atomic E-state index is 0.00222. The summed E-state index contributed by atoms with van der Waals surface area (Å²) in [5.41, 5.74) is 0.948. The number of nitriles is 1. The fourth-order valence-corrected chi connectivity index (χ4v) is 2.72. The molecule has 1 saturated heterocycles. The van der Waals surface area contributed by atoms with E-state index in [1.807, 2.05) is 11.0 Å². The molecular formula is C14H19N3O. The number of carbonyl (C=O) groups is 1. The third-order valence-electron chi connectivity index (χ3n) is 3.90. The summed E-state index contributed by atoms with van der Waals surface area (Å²) in [7, 11) is 0. The molecule has 1 aromatic rings. The Labute approximate surface area is 108 Å². The monoisotopic (exact) mass is 245 g/mol. The van der Waals surface area contributed by atoms with Crippen LogP contribution in [-0.2, 0) is 0 Å². The Kier molecular flexibility index (Phi) is 3.42. The van der Waals surface area contributed by atoms with Gasteiger partial charge in [-0.3, -0.25) is 4.79 Å². The standard InChI is InChI=1S/C14H19N3O/c1-9-6-10(2)11(3)17(8-9)14(18)13-5-4-12(7-15)16-13/h4-5,9-11,16H,6,8H2,1-3H3. The van der Waals surface area contributed by atoms with E-state index in [1.165, 1.54) is 6.42 Å². The van der Waals surface area contributed by atoms with Crippen molar-refractivity contribution < 1.29 is 4.79 Å². The van der Waals surface area contributed by atoms with Gasteiger partial charge in [0.15, 0.2) is 0 Å². The van der Waals surface area contributed by atoms with Crippen LogP contribution in [-0.4, -0.2) is 28.4 Å². The molecular weight excluding hydrogens is 226 g/mol. The fraction of sp³-hybridized carbons (Fsp3) is 0.571. The van der Waals surface area contributed by atoms with E-state index in [4.69, 9.17) is 5.26 Å². The first kappa shape index (κ1) is 12.7. The largest absolute Gasteiger partial charge is 0.342 e.